The molecule has 17 heavy (non-hydrogen) atoms. The zero-order valence-electron chi connectivity index (χ0n) is 9.73. The largest absolute Gasteiger partial charge is 0.382 e. The van der Waals surface area contributed by atoms with E-state index in [9.17, 15) is 5.11 Å². The summed E-state index contributed by atoms with van der Waals surface area (Å²) in [4.78, 5) is 11.8. The minimum atomic E-state index is -1.02. The molecule has 4 heteroatoms. The minimum Gasteiger partial charge on any atom is -0.382 e. The molecule has 0 radical (unpaired) electrons. The topological polar surface area (TPSA) is 61.8 Å². The first kappa shape index (κ1) is 10.2. The van der Waals surface area contributed by atoms with Crippen LogP contribution in [-0.4, -0.2) is 20.1 Å². The molecule has 0 spiro atoms. The van der Waals surface area contributed by atoms with Gasteiger partial charge in [0.15, 0.2) is 5.82 Å². The van der Waals surface area contributed by atoms with E-state index < -0.39 is 5.60 Å². The van der Waals surface area contributed by atoms with Gasteiger partial charge in [-0.25, -0.2) is 9.97 Å². The monoisotopic (exact) mass is 227 g/mol. The number of H-pyrrole nitrogens is 1. The van der Waals surface area contributed by atoms with Gasteiger partial charge in [-0.15, -0.1) is 0 Å². The van der Waals surface area contributed by atoms with E-state index >= 15 is 0 Å². The van der Waals surface area contributed by atoms with Crippen molar-refractivity contribution in [2.45, 2.75) is 19.4 Å². The molecule has 0 bridgehead atoms. The second kappa shape index (κ2) is 3.28. The SMILES string of the molecule is CC(C)(O)c1ncc2c(n1)[nH]c1ccccc12. The Morgan fingerprint density at radius 1 is 1.18 bits per heavy atom. The molecule has 2 aromatic heterocycles. The second-order valence-electron chi connectivity index (χ2n) is 4.69. The maximum Gasteiger partial charge on any atom is 0.161 e. The highest BCUT2D eigenvalue weighted by atomic mass is 16.3. The highest BCUT2D eigenvalue weighted by Gasteiger charge is 2.20. The fraction of sp³-hybridized carbons (Fsp3) is 0.231. The number of rotatable bonds is 1. The molecule has 1 aromatic carbocycles. The van der Waals surface area contributed by atoms with Crippen LogP contribution in [0, 0.1) is 0 Å². The van der Waals surface area contributed by atoms with Crippen LogP contribution in [0.2, 0.25) is 0 Å². The van der Waals surface area contributed by atoms with Crippen LogP contribution in [0.4, 0.5) is 0 Å². The van der Waals surface area contributed by atoms with E-state index in [4.69, 9.17) is 0 Å². The first-order valence-corrected chi connectivity index (χ1v) is 5.52. The van der Waals surface area contributed by atoms with Gasteiger partial charge in [0, 0.05) is 22.5 Å². The maximum atomic E-state index is 9.88. The molecular formula is C13H13N3O. The fourth-order valence-corrected chi connectivity index (χ4v) is 1.92. The third-order valence-corrected chi connectivity index (χ3v) is 2.81. The van der Waals surface area contributed by atoms with Gasteiger partial charge in [-0.3, -0.25) is 0 Å². The molecule has 3 rings (SSSR count). The van der Waals surface area contributed by atoms with Crippen molar-refractivity contribution >= 4 is 21.9 Å². The molecular weight excluding hydrogens is 214 g/mol. The van der Waals surface area contributed by atoms with Crippen LogP contribution in [0.5, 0.6) is 0 Å². The van der Waals surface area contributed by atoms with Crippen LogP contribution in [0.3, 0.4) is 0 Å². The summed E-state index contributed by atoms with van der Waals surface area (Å²) in [7, 11) is 0. The van der Waals surface area contributed by atoms with Gasteiger partial charge in [-0.05, 0) is 19.9 Å². The Morgan fingerprint density at radius 2 is 1.94 bits per heavy atom. The fourth-order valence-electron chi connectivity index (χ4n) is 1.92. The summed E-state index contributed by atoms with van der Waals surface area (Å²) in [5.41, 5.74) is 0.772. The van der Waals surface area contributed by atoms with Crippen molar-refractivity contribution in [3.63, 3.8) is 0 Å². The second-order valence-corrected chi connectivity index (χ2v) is 4.69. The van der Waals surface area contributed by atoms with E-state index in [0.29, 0.717) is 5.82 Å². The molecule has 0 aliphatic heterocycles. The lowest BCUT2D eigenvalue weighted by molar-refractivity contribution is 0.0691. The zero-order valence-corrected chi connectivity index (χ0v) is 9.73. The molecule has 2 heterocycles. The van der Waals surface area contributed by atoms with Crippen molar-refractivity contribution < 1.29 is 5.11 Å². The Kier molecular flexibility index (Phi) is 1.97. The average Bonchev–Trinajstić information content (AvgIpc) is 2.65. The van der Waals surface area contributed by atoms with Gasteiger partial charge in [-0.2, -0.15) is 0 Å². The summed E-state index contributed by atoms with van der Waals surface area (Å²) >= 11 is 0. The number of nitrogens with one attached hydrogen (secondary N) is 1. The predicted octanol–water partition coefficient (Wildman–Crippen LogP) is 2.34. The molecule has 0 saturated carbocycles. The smallest absolute Gasteiger partial charge is 0.161 e. The Hall–Kier alpha value is -1.94. The summed E-state index contributed by atoms with van der Waals surface area (Å²) in [6.45, 7) is 3.35. The summed E-state index contributed by atoms with van der Waals surface area (Å²) in [5.74, 6) is 0.427. The van der Waals surface area contributed by atoms with Crippen LogP contribution in [-0.2, 0) is 5.60 Å². The molecule has 0 aliphatic carbocycles. The molecule has 3 aromatic rings. The molecule has 2 N–H and O–H groups in total. The zero-order chi connectivity index (χ0) is 12.0. The van der Waals surface area contributed by atoms with Crippen LogP contribution in [0.25, 0.3) is 21.9 Å². The van der Waals surface area contributed by atoms with Gasteiger partial charge in [-0.1, -0.05) is 18.2 Å². The lowest BCUT2D eigenvalue weighted by Crippen LogP contribution is -2.19. The summed E-state index contributed by atoms with van der Waals surface area (Å²) < 4.78 is 0. The molecule has 0 atom stereocenters. The van der Waals surface area contributed by atoms with E-state index in [2.05, 4.69) is 15.0 Å². The van der Waals surface area contributed by atoms with Crippen LogP contribution in [0.15, 0.2) is 30.5 Å². The third kappa shape index (κ3) is 1.57. The third-order valence-electron chi connectivity index (χ3n) is 2.81. The summed E-state index contributed by atoms with van der Waals surface area (Å²) in [5, 5.41) is 12.0. The highest BCUT2D eigenvalue weighted by Crippen LogP contribution is 2.25. The van der Waals surface area contributed by atoms with Gasteiger partial charge in [0.25, 0.3) is 0 Å². The first-order valence-electron chi connectivity index (χ1n) is 5.52. The Morgan fingerprint density at radius 3 is 2.71 bits per heavy atom. The lowest BCUT2D eigenvalue weighted by Gasteiger charge is -2.14. The number of para-hydroxylation sites is 1. The van der Waals surface area contributed by atoms with Gasteiger partial charge in [0.05, 0.1) is 0 Å². The normalized spacial score (nSPS) is 12.4. The number of benzene rings is 1. The Bertz CT molecular complexity index is 695. The van der Waals surface area contributed by atoms with E-state index in [0.717, 1.165) is 21.9 Å². The number of aromatic amines is 1. The minimum absolute atomic E-state index is 0.427. The molecule has 0 fully saturated rings. The predicted molar refractivity (Wildman–Crippen MR) is 66.6 cm³/mol. The van der Waals surface area contributed by atoms with Crippen LogP contribution >= 0.6 is 0 Å². The van der Waals surface area contributed by atoms with Crippen molar-refractivity contribution in [2.75, 3.05) is 0 Å². The Labute approximate surface area is 98.3 Å². The van der Waals surface area contributed by atoms with Gasteiger partial charge in [0.1, 0.15) is 11.2 Å². The van der Waals surface area contributed by atoms with Gasteiger partial charge < -0.3 is 10.1 Å². The van der Waals surface area contributed by atoms with Crippen molar-refractivity contribution in [1.29, 1.82) is 0 Å². The van der Waals surface area contributed by atoms with Gasteiger partial charge in [0.2, 0.25) is 0 Å². The van der Waals surface area contributed by atoms with Gasteiger partial charge >= 0.3 is 0 Å². The summed E-state index contributed by atoms with van der Waals surface area (Å²) in [6.07, 6.45) is 1.76. The van der Waals surface area contributed by atoms with Crippen molar-refractivity contribution in [3.05, 3.63) is 36.3 Å². The standard InChI is InChI=1S/C13H13N3O/c1-13(2,17)12-14-7-9-8-5-3-4-6-10(8)15-11(9)16-12/h3-7,17H,1-2H3,(H,14,15,16). The number of hydrogen-bond acceptors (Lipinski definition) is 3. The van der Waals surface area contributed by atoms with Crippen molar-refractivity contribution in [2.24, 2.45) is 0 Å². The highest BCUT2D eigenvalue weighted by molar-refractivity contribution is 6.05. The number of aromatic nitrogens is 3. The van der Waals surface area contributed by atoms with E-state index in [1.54, 1.807) is 20.0 Å². The average molecular weight is 227 g/mol. The van der Waals surface area contributed by atoms with Crippen LogP contribution < -0.4 is 0 Å². The van der Waals surface area contributed by atoms with Crippen LogP contribution in [0.1, 0.15) is 19.7 Å². The summed E-state index contributed by atoms with van der Waals surface area (Å²) in [6, 6.07) is 7.99. The molecule has 0 aliphatic rings. The van der Waals surface area contributed by atoms with E-state index in [1.165, 1.54) is 0 Å². The number of nitrogens with zero attached hydrogens (tertiary/aromatic N) is 2. The van der Waals surface area contributed by atoms with Crippen molar-refractivity contribution in [3.8, 4) is 0 Å². The molecule has 86 valence electrons. The van der Waals surface area contributed by atoms with Crippen molar-refractivity contribution in [1.82, 2.24) is 15.0 Å². The van der Waals surface area contributed by atoms with E-state index in [-0.39, 0.29) is 0 Å². The first-order chi connectivity index (χ1) is 8.05. The molecule has 0 saturated heterocycles. The number of aliphatic hydroxyl groups is 1. The molecule has 4 nitrogen and oxygen atoms in total. The lowest BCUT2D eigenvalue weighted by atomic mass is 10.1. The molecule has 0 unspecified atom stereocenters. The number of hydrogen-bond donors (Lipinski definition) is 2. The Balaban J connectivity index is 2.34. The number of fused-ring (bicyclic) bond motifs is 3. The molecule has 0 amide bonds. The quantitative estimate of drug-likeness (QED) is 0.670. The maximum absolute atomic E-state index is 9.88. The van der Waals surface area contributed by atoms with E-state index in [1.807, 2.05) is 24.3 Å².